The molecule has 0 aromatic heterocycles. The molecule has 11 heteroatoms. The Balaban J connectivity index is -0.00000000214. The van der Waals surface area contributed by atoms with Crippen molar-refractivity contribution in [3.05, 3.63) is 15.3 Å². The second kappa shape index (κ2) is 83.8. The monoisotopic (exact) mass is 335 g/mol. The molecule has 0 atom stereocenters. The first-order valence-corrected chi connectivity index (χ1v) is 0.548. The zero-order chi connectivity index (χ0) is 3.58. The van der Waals surface area contributed by atoms with Crippen LogP contribution in [0.4, 0.5) is 0 Å². The Hall–Kier alpha value is 0.220. The molecule has 0 unspecified atom stereocenters. The van der Waals surface area contributed by atoms with Crippen molar-refractivity contribution in [3.63, 3.8) is 0 Å². The Morgan fingerprint density at radius 1 is 0.727 bits per heavy atom. The smallest absolute Gasteiger partial charge is 0.412 e. The van der Waals surface area contributed by atoms with Gasteiger partial charge in [-0.15, -0.1) is 0 Å². The Kier molecular flexibility index (Phi) is 861. The van der Waals surface area contributed by atoms with Crippen molar-refractivity contribution in [2.24, 2.45) is 0 Å². The summed E-state index contributed by atoms with van der Waals surface area (Å²) in [5, 5.41) is 14.8. The van der Waals surface area contributed by atoms with Crippen molar-refractivity contribution >= 4 is 0 Å². The molecule has 11 heavy (non-hydrogen) atoms. The first-order chi connectivity index (χ1) is 1.73. The minimum Gasteiger partial charge on any atom is -0.412 e. The molecule has 0 amide bonds. The number of hydrogen-bond acceptors (Lipinski definition) is 3. The quantitative estimate of drug-likeness (QED) is 0.239. The van der Waals surface area contributed by atoms with Gasteiger partial charge < -0.3 is 48.2 Å². The maximum Gasteiger partial charge on any atom is 3.00 e. The molecule has 12 N–H and O–H groups in total. The summed E-state index contributed by atoms with van der Waals surface area (Å²) in [6.45, 7) is 0. The average molecular weight is 335 g/mol. The van der Waals surface area contributed by atoms with Gasteiger partial charge in [-0.25, -0.2) is 0 Å². The topological polar surface area (TPSA) is 255 Å². The van der Waals surface area contributed by atoms with Gasteiger partial charge in [0.05, 0.1) is 5.09 Å². The third-order valence-corrected chi connectivity index (χ3v) is 0. The first-order valence-electron chi connectivity index (χ1n) is 0.548. The molecule has 0 aliphatic rings. The van der Waals surface area contributed by atoms with Crippen LogP contribution in [0.25, 0.3) is 0 Å². The van der Waals surface area contributed by atoms with Crippen molar-refractivity contribution in [2.75, 3.05) is 0 Å². The number of hydrogen-bond donors (Lipinski definition) is 0. The number of rotatable bonds is 0. The molecule has 0 fully saturated rings. The Morgan fingerprint density at radius 2 is 0.727 bits per heavy atom. The summed E-state index contributed by atoms with van der Waals surface area (Å²) >= 11 is 0. The van der Waals surface area contributed by atoms with E-state index in [1.807, 2.05) is 0 Å². The van der Waals surface area contributed by atoms with Gasteiger partial charge in [-0.1, -0.05) is 0 Å². The maximum absolute atomic E-state index is 8.25. The van der Waals surface area contributed by atoms with Crippen LogP contribution in [0.2, 0.25) is 0 Å². The van der Waals surface area contributed by atoms with Crippen LogP contribution in [0.5, 0.6) is 0 Å². The molecule has 0 saturated carbocycles. The predicted molar refractivity (Wildman–Crippen MR) is 32.0 cm³/mol. The SMILES string of the molecule is O.O.O.O.O.O.O=[N+]([O-])[O-].[Ho+3]. The van der Waals surface area contributed by atoms with Crippen LogP contribution in [0.3, 0.4) is 0 Å². The second-order valence-corrected chi connectivity index (χ2v) is 0.224. The van der Waals surface area contributed by atoms with E-state index in [4.69, 9.17) is 15.3 Å². The van der Waals surface area contributed by atoms with Gasteiger partial charge in [-0.2, -0.15) is 0 Å². The number of nitrogens with zero attached hydrogens (tertiary/aromatic N) is 1. The molecule has 10 nitrogen and oxygen atoms in total. The van der Waals surface area contributed by atoms with Crippen molar-refractivity contribution < 1.29 is 75.7 Å². The molecule has 0 aromatic carbocycles. The van der Waals surface area contributed by atoms with Crippen LogP contribution in [-0.2, 0) is 0 Å². The first kappa shape index (κ1) is 113. The van der Waals surface area contributed by atoms with Crippen LogP contribution in [-0.4, -0.2) is 37.9 Å². The molecule has 80 valence electrons. The van der Waals surface area contributed by atoms with Gasteiger partial charge in [0, 0.05) is 0 Å². The zero-order valence-corrected chi connectivity index (χ0v) is 6.91. The van der Waals surface area contributed by atoms with E-state index < -0.39 is 5.09 Å². The molecular weight excluding hydrogens is 323 g/mol. The Labute approximate surface area is 90.8 Å². The summed E-state index contributed by atoms with van der Waals surface area (Å²) in [5.74, 6) is 0. The summed E-state index contributed by atoms with van der Waals surface area (Å²) in [4.78, 5) is 8.25. The van der Waals surface area contributed by atoms with Gasteiger partial charge in [-0.05, 0) is 0 Å². The van der Waals surface area contributed by atoms with E-state index >= 15 is 0 Å². The summed E-state index contributed by atoms with van der Waals surface area (Å²) in [6, 6.07) is 0. The fraction of sp³-hybridized carbons (Fsp3) is 0. The van der Waals surface area contributed by atoms with E-state index in [2.05, 4.69) is 0 Å². The van der Waals surface area contributed by atoms with Gasteiger partial charge in [0.25, 0.3) is 0 Å². The van der Waals surface area contributed by atoms with Crippen LogP contribution in [0.15, 0.2) is 0 Å². The van der Waals surface area contributed by atoms with E-state index in [-0.39, 0.29) is 70.6 Å². The van der Waals surface area contributed by atoms with Gasteiger partial charge in [-0.3, -0.25) is 0 Å². The molecule has 0 heterocycles. The van der Waals surface area contributed by atoms with Crippen LogP contribution in [0.1, 0.15) is 0 Å². The zero-order valence-electron chi connectivity index (χ0n) is 4.97. The average Bonchev–Trinajstić information content (AvgIpc) is 0.811. The van der Waals surface area contributed by atoms with Crippen LogP contribution >= 0.6 is 0 Å². The molecule has 0 aliphatic carbocycles. The molecule has 0 spiro atoms. The minimum absolute atomic E-state index is 0. The van der Waals surface area contributed by atoms with E-state index in [1.165, 1.54) is 0 Å². The second-order valence-electron chi connectivity index (χ2n) is 0.224. The Bertz CT molecular complexity index is 32.5. The fourth-order valence-corrected chi connectivity index (χ4v) is 0. The normalized spacial score (nSPS) is 2.18. The molecule has 0 aliphatic heterocycles. The van der Waals surface area contributed by atoms with Gasteiger partial charge in [0.1, 0.15) is 0 Å². The van der Waals surface area contributed by atoms with Gasteiger partial charge >= 0.3 is 37.7 Å². The predicted octanol–water partition coefficient (Wildman–Crippen LogP) is -5.19. The fourth-order valence-electron chi connectivity index (χ4n) is 0. The Morgan fingerprint density at radius 3 is 0.727 bits per heavy atom. The van der Waals surface area contributed by atoms with Crippen LogP contribution in [0, 0.1) is 53.1 Å². The molecular formula is H12HoNO9+2. The van der Waals surface area contributed by atoms with Crippen molar-refractivity contribution in [1.82, 2.24) is 0 Å². The maximum atomic E-state index is 8.25. The molecule has 0 saturated heterocycles. The summed E-state index contributed by atoms with van der Waals surface area (Å²) in [6.07, 6.45) is 0. The third-order valence-electron chi connectivity index (χ3n) is 0. The standard InChI is InChI=1S/Ho.NO3.6H2O/c;2-1(3)4;;;;;;/h;;6*1H2/q+3;-1;;;;;;. The molecule has 0 bridgehead atoms. The summed E-state index contributed by atoms with van der Waals surface area (Å²) in [7, 11) is 0. The van der Waals surface area contributed by atoms with Gasteiger partial charge in [0.2, 0.25) is 0 Å². The largest absolute Gasteiger partial charge is 3.00 e. The third kappa shape index (κ3) is 14300. The van der Waals surface area contributed by atoms with Crippen molar-refractivity contribution in [1.29, 1.82) is 0 Å². The summed E-state index contributed by atoms with van der Waals surface area (Å²) < 4.78 is 0. The molecule has 0 aromatic rings. The minimum atomic E-state index is -1.75. The van der Waals surface area contributed by atoms with E-state index in [1.54, 1.807) is 0 Å². The van der Waals surface area contributed by atoms with Crippen LogP contribution < -0.4 is 0 Å². The molecule has 0 radical (unpaired) electrons. The van der Waals surface area contributed by atoms with E-state index in [9.17, 15) is 0 Å². The van der Waals surface area contributed by atoms with E-state index in [0.717, 1.165) is 0 Å². The molecule has 0 rings (SSSR count). The summed E-state index contributed by atoms with van der Waals surface area (Å²) in [5.41, 5.74) is 0. The van der Waals surface area contributed by atoms with Crippen molar-refractivity contribution in [2.45, 2.75) is 0 Å². The van der Waals surface area contributed by atoms with E-state index in [0.29, 0.717) is 0 Å². The van der Waals surface area contributed by atoms with Gasteiger partial charge in [0.15, 0.2) is 0 Å². The van der Waals surface area contributed by atoms with Crippen molar-refractivity contribution in [3.8, 4) is 0 Å².